The zero-order valence-electron chi connectivity index (χ0n) is 15.6. The summed E-state index contributed by atoms with van der Waals surface area (Å²) in [5, 5.41) is 9.40. The van der Waals surface area contributed by atoms with Gasteiger partial charge in [0.05, 0.1) is 16.8 Å². The fraction of sp³-hybridized carbons (Fsp3) is 0.0952. The van der Waals surface area contributed by atoms with Crippen molar-refractivity contribution in [1.82, 2.24) is 9.55 Å². The quantitative estimate of drug-likeness (QED) is 0.351. The molecule has 0 aliphatic heterocycles. The number of thioether (sulfide) groups is 1. The van der Waals surface area contributed by atoms with Gasteiger partial charge in [-0.3, -0.25) is 14.2 Å². The van der Waals surface area contributed by atoms with E-state index < -0.39 is 23.2 Å². The van der Waals surface area contributed by atoms with E-state index >= 15 is 0 Å². The summed E-state index contributed by atoms with van der Waals surface area (Å²) in [6.07, 6.45) is 0. The Labute approximate surface area is 177 Å². The van der Waals surface area contributed by atoms with E-state index in [1.54, 1.807) is 25.1 Å². The van der Waals surface area contributed by atoms with Gasteiger partial charge in [-0.25, -0.2) is 13.8 Å². The third-order valence-corrected chi connectivity index (χ3v) is 6.33. The number of aryl methyl sites for hydroxylation is 1. The fourth-order valence-electron chi connectivity index (χ4n) is 3.20. The zero-order valence-corrected chi connectivity index (χ0v) is 17.2. The Morgan fingerprint density at radius 3 is 2.67 bits per heavy atom. The van der Waals surface area contributed by atoms with Crippen LogP contribution in [0.2, 0.25) is 0 Å². The number of carbonyl (C=O) groups is 1. The van der Waals surface area contributed by atoms with Gasteiger partial charge in [0, 0.05) is 16.0 Å². The molecule has 0 unspecified atom stereocenters. The van der Waals surface area contributed by atoms with Crippen LogP contribution in [0.15, 0.2) is 58.5 Å². The molecule has 0 saturated carbocycles. The number of nitrogens with zero attached hydrogens (tertiary/aromatic N) is 2. The van der Waals surface area contributed by atoms with Gasteiger partial charge in [-0.15, -0.1) is 11.3 Å². The average Bonchev–Trinajstić information content (AvgIpc) is 3.02. The zero-order chi connectivity index (χ0) is 21.4. The summed E-state index contributed by atoms with van der Waals surface area (Å²) in [4.78, 5) is 30.2. The Morgan fingerprint density at radius 2 is 1.97 bits per heavy atom. The molecule has 30 heavy (non-hydrogen) atoms. The smallest absolute Gasteiger partial charge is 0.313 e. The molecule has 0 saturated heterocycles. The van der Waals surface area contributed by atoms with Crippen molar-refractivity contribution >= 4 is 39.3 Å². The van der Waals surface area contributed by atoms with Crippen molar-refractivity contribution in [3.8, 4) is 16.8 Å². The molecule has 9 heteroatoms. The predicted octanol–water partition coefficient (Wildman–Crippen LogP) is 4.88. The minimum absolute atomic E-state index is 0.127. The number of rotatable bonds is 5. The topological polar surface area (TPSA) is 72.2 Å². The van der Waals surface area contributed by atoms with E-state index in [1.807, 2.05) is 0 Å². The first-order chi connectivity index (χ1) is 14.4. The van der Waals surface area contributed by atoms with Crippen molar-refractivity contribution in [2.45, 2.75) is 12.1 Å². The highest BCUT2D eigenvalue weighted by Gasteiger charge is 2.22. The third kappa shape index (κ3) is 3.61. The minimum Gasteiger partial charge on any atom is -0.481 e. The Bertz CT molecular complexity index is 1350. The molecule has 0 atom stereocenters. The molecule has 0 spiro atoms. The normalized spacial score (nSPS) is 11.2. The summed E-state index contributed by atoms with van der Waals surface area (Å²) in [5.74, 6) is -2.42. The standard InChI is InChI=1S/C21H14F2N2O3S2/c1-11-17(14-7-2-3-8-15(14)23)18-19(30-11)24-21(29-10-16(26)27)25(20(18)28)13-6-4-5-12(22)9-13/h2-9H,10H2,1H3,(H,26,27). The highest BCUT2D eigenvalue weighted by Crippen LogP contribution is 2.38. The van der Waals surface area contributed by atoms with Crippen molar-refractivity contribution in [3.05, 3.63) is 75.4 Å². The lowest BCUT2D eigenvalue weighted by Gasteiger charge is -2.12. The van der Waals surface area contributed by atoms with E-state index in [1.165, 1.54) is 46.2 Å². The van der Waals surface area contributed by atoms with Crippen LogP contribution in [0.4, 0.5) is 8.78 Å². The minimum atomic E-state index is -1.07. The summed E-state index contributed by atoms with van der Waals surface area (Å²) >= 11 is 2.09. The molecule has 5 nitrogen and oxygen atoms in total. The second-order valence-electron chi connectivity index (χ2n) is 6.39. The average molecular weight is 444 g/mol. The summed E-state index contributed by atoms with van der Waals surface area (Å²) in [7, 11) is 0. The maximum absolute atomic E-state index is 14.5. The predicted molar refractivity (Wildman–Crippen MR) is 114 cm³/mol. The number of hydrogen-bond donors (Lipinski definition) is 1. The van der Waals surface area contributed by atoms with Gasteiger partial charge in [-0.2, -0.15) is 0 Å². The molecule has 0 fully saturated rings. The molecule has 0 bridgehead atoms. The number of aromatic nitrogens is 2. The number of aliphatic carboxylic acids is 1. The number of carboxylic acid groups (broad SMARTS) is 1. The molecule has 4 rings (SSSR count). The molecule has 0 aliphatic carbocycles. The van der Waals surface area contributed by atoms with E-state index in [-0.39, 0.29) is 27.5 Å². The van der Waals surface area contributed by atoms with Gasteiger partial charge in [-0.05, 0) is 31.2 Å². The van der Waals surface area contributed by atoms with Crippen LogP contribution in [0.5, 0.6) is 0 Å². The first kappa shape index (κ1) is 20.2. The molecular weight excluding hydrogens is 430 g/mol. The maximum atomic E-state index is 14.5. The van der Waals surface area contributed by atoms with Gasteiger partial charge in [0.15, 0.2) is 5.16 Å². The van der Waals surface area contributed by atoms with Crippen molar-refractivity contribution in [2.24, 2.45) is 0 Å². The maximum Gasteiger partial charge on any atom is 0.313 e. The van der Waals surface area contributed by atoms with E-state index in [0.717, 1.165) is 11.8 Å². The van der Waals surface area contributed by atoms with Gasteiger partial charge in [0.2, 0.25) is 0 Å². The highest BCUT2D eigenvalue weighted by molar-refractivity contribution is 7.99. The third-order valence-electron chi connectivity index (χ3n) is 4.41. The van der Waals surface area contributed by atoms with Gasteiger partial charge < -0.3 is 5.11 Å². The summed E-state index contributed by atoms with van der Waals surface area (Å²) in [5.41, 5.74) is 0.411. The number of fused-ring (bicyclic) bond motifs is 1. The molecule has 2 heterocycles. The number of benzene rings is 2. The van der Waals surface area contributed by atoms with Gasteiger partial charge in [0.1, 0.15) is 16.5 Å². The van der Waals surface area contributed by atoms with Gasteiger partial charge in [-0.1, -0.05) is 36.0 Å². The first-order valence-electron chi connectivity index (χ1n) is 8.78. The van der Waals surface area contributed by atoms with Crippen molar-refractivity contribution < 1.29 is 18.7 Å². The van der Waals surface area contributed by atoms with Crippen LogP contribution in [0.25, 0.3) is 27.0 Å². The van der Waals surface area contributed by atoms with Crippen LogP contribution in [0.3, 0.4) is 0 Å². The SMILES string of the molecule is Cc1sc2nc(SCC(=O)O)n(-c3cccc(F)c3)c(=O)c2c1-c1ccccc1F. The Hall–Kier alpha value is -3.04. The molecule has 0 amide bonds. The van der Waals surface area contributed by atoms with Crippen LogP contribution >= 0.6 is 23.1 Å². The van der Waals surface area contributed by atoms with Gasteiger partial charge in [0.25, 0.3) is 5.56 Å². The van der Waals surface area contributed by atoms with Crippen molar-refractivity contribution in [3.63, 3.8) is 0 Å². The summed E-state index contributed by atoms with van der Waals surface area (Å²) < 4.78 is 29.6. The van der Waals surface area contributed by atoms with Crippen molar-refractivity contribution in [2.75, 3.05) is 5.75 Å². The van der Waals surface area contributed by atoms with E-state index in [9.17, 15) is 18.4 Å². The van der Waals surface area contributed by atoms with Crippen LogP contribution < -0.4 is 5.56 Å². The number of halogens is 2. The largest absolute Gasteiger partial charge is 0.481 e. The second kappa shape index (κ2) is 8.00. The van der Waals surface area contributed by atoms with Crippen LogP contribution in [-0.2, 0) is 4.79 Å². The molecule has 2 aromatic heterocycles. The fourth-order valence-corrected chi connectivity index (χ4v) is 5.01. The monoisotopic (exact) mass is 444 g/mol. The number of hydrogen-bond acceptors (Lipinski definition) is 5. The number of thiophene rings is 1. The van der Waals surface area contributed by atoms with E-state index in [0.29, 0.717) is 15.3 Å². The first-order valence-corrected chi connectivity index (χ1v) is 10.6. The molecule has 0 radical (unpaired) electrons. The Balaban J connectivity index is 2.07. The summed E-state index contributed by atoms with van der Waals surface area (Å²) in [6.45, 7) is 1.77. The molecule has 4 aromatic rings. The molecule has 152 valence electrons. The molecule has 1 N–H and O–H groups in total. The van der Waals surface area contributed by atoms with Gasteiger partial charge >= 0.3 is 5.97 Å². The Kier molecular flexibility index (Phi) is 5.40. The Morgan fingerprint density at radius 1 is 1.20 bits per heavy atom. The van der Waals surface area contributed by atoms with E-state index in [4.69, 9.17) is 5.11 Å². The van der Waals surface area contributed by atoms with Crippen molar-refractivity contribution in [1.29, 1.82) is 0 Å². The lowest BCUT2D eigenvalue weighted by atomic mass is 10.0. The highest BCUT2D eigenvalue weighted by atomic mass is 32.2. The molecular formula is C21H14F2N2O3S2. The van der Waals surface area contributed by atoms with Crippen LogP contribution in [0, 0.1) is 18.6 Å². The van der Waals surface area contributed by atoms with E-state index in [2.05, 4.69) is 4.98 Å². The van der Waals surface area contributed by atoms with Crippen LogP contribution in [0.1, 0.15) is 4.88 Å². The lowest BCUT2D eigenvalue weighted by molar-refractivity contribution is -0.133. The number of carboxylic acids is 1. The van der Waals surface area contributed by atoms with Crippen LogP contribution in [-0.4, -0.2) is 26.4 Å². The second-order valence-corrected chi connectivity index (χ2v) is 8.54. The molecule has 0 aliphatic rings. The molecule has 2 aromatic carbocycles. The summed E-state index contributed by atoms with van der Waals surface area (Å²) in [6, 6.07) is 11.5. The lowest BCUT2D eigenvalue weighted by Crippen LogP contribution is -2.22.